The van der Waals surface area contributed by atoms with E-state index in [9.17, 15) is 0 Å². The molecule has 2 saturated carbocycles. The molecule has 12 rings (SSSR count). The smallest absolute Gasteiger partial charge is 0.207 e. The molecule has 4 aliphatic rings. The highest BCUT2D eigenvalue weighted by Crippen LogP contribution is 2.64. The van der Waals surface area contributed by atoms with E-state index < -0.39 is 9.84 Å². The van der Waals surface area contributed by atoms with Crippen LogP contribution in [0.5, 0.6) is 0 Å². The van der Waals surface area contributed by atoms with Gasteiger partial charge in [-0.05, 0) is 144 Å². The number of nitrogens with zero attached hydrogens (tertiary/aromatic N) is 2. The number of anilines is 3. The Labute approximate surface area is 353 Å². The zero-order chi connectivity index (χ0) is 40.5. The van der Waals surface area contributed by atoms with Crippen molar-refractivity contribution in [3.63, 3.8) is 0 Å². The van der Waals surface area contributed by atoms with Crippen LogP contribution in [-0.2, 0) is 20.7 Å². The van der Waals surface area contributed by atoms with Gasteiger partial charge in [0.05, 0.1) is 20.8 Å². The SMILES string of the molecule is CC1C[C@H]2CCC[C@@H](C1)C21c2ccccc2S(=O)(=O)c2cc(N(c3ccc(-n4c5ccccc5c5ccccc54)cc3)c3ccc4c(c3)C(C)(C)c3ccccc3-4)ccc21. The first-order chi connectivity index (χ1) is 29.2. The molecule has 0 radical (unpaired) electrons. The van der Waals surface area contributed by atoms with Crippen molar-refractivity contribution < 1.29 is 8.42 Å². The molecule has 8 aromatic rings. The Balaban J connectivity index is 1.07. The van der Waals surface area contributed by atoms with Gasteiger partial charge in [-0.2, -0.15) is 0 Å². The Bertz CT molecular complexity index is 3110. The van der Waals surface area contributed by atoms with Crippen molar-refractivity contribution in [3.8, 4) is 16.8 Å². The molecule has 3 aliphatic carbocycles. The van der Waals surface area contributed by atoms with Crippen LogP contribution in [-0.4, -0.2) is 13.0 Å². The maximum absolute atomic E-state index is 15.1. The molecule has 2 heterocycles. The lowest BCUT2D eigenvalue weighted by atomic mass is 9.48. The lowest BCUT2D eigenvalue weighted by molar-refractivity contribution is 0.0488. The van der Waals surface area contributed by atoms with Gasteiger partial charge < -0.3 is 9.47 Å². The first kappa shape index (κ1) is 36.0. The minimum absolute atomic E-state index is 0.195. The lowest BCUT2D eigenvalue weighted by Gasteiger charge is -2.57. The molecule has 0 saturated heterocycles. The van der Waals surface area contributed by atoms with E-state index in [1.807, 2.05) is 18.2 Å². The van der Waals surface area contributed by atoms with E-state index in [2.05, 4.69) is 170 Å². The summed E-state index contributed by atoms with van der Waals surface area (Å²) in [4.78, 5) is 3.26. The summed E-state index contributed by atoms with van der Waals surface area (Å²) in [6.07, 6.45) is 5.74. The topological polar surface area (TPSA) is 42.3 Å². The number of rotatable bonds is 4. The van der Waals surface area contributed by atoms with E-state index in [1.54, 1.807) is 0 Å². The lowest BCUT2D eigenvalue weighted by Crippen LogP contribution is -2.53. The van der Waals surface area contributed by atoms with E-state index in [0.717, 1.165) is 59.6 Å². The van der Waals surface area contributed by atoms with Crippen molar-refractivity contribution in [3.05, 3.63) is 180 Å². The average molecular weight is 801 g/mol. The molecular weight excluding hydrogens is 753 g/mol. The predicted octanol–water partition coefficient (Wildman–Crippen LogP) is 13.8. The van der Waals surface area contributed by atoms with Gasteiger partial charge in [0.2, 0.25) is 9.84 Å². The third-order valence-corrected chi connectivity index (χ3v) is 17.0. The molecule has 2 fully saturated rings. The number of hydrogen-bond acceptors (Lipinski definition) is 3. The maximum atomic E-state index is 15.1. The summed E-state index contributed by atoms with van der Waals surface area (Å²) >= 11 is 0. The molecule has 2 unspecified atom stereocenters. The molecule has 1 spiro atoms. The number of hydrogen-bond donors (Lipinski definition) is 0. The van der Waals surface area contributed by atoms with Crippen LogP contribution in [0.25, 0.3) is 38.6 Å². The highest BCUT2D eigenvalue weighted by molar-refractivity contribution is 7.91. The summed E-state index contributed by atoms with van der Waals surface area (Å²) in [5.41, 5.74) is 12.9. The summed E-state index contributed by atoms with van der Waals surface area (Å²) in [5, 5.41) is 2.46. The van der Waals surface area contributed by atoms with Gasteiger partial charge in [-0.1, -0.05) is 118 Å². The normalized spacial score (nSPS) is 22.9. The molecule has 4 nitrogen and oxygen atoms in total. The van der Waals surface area contributed by atoms with Gasteiger partial charge in [-0.3, -0.25) is 0 Å². The molecule has 5 heteroatoms. The molecule has 60 heavy (non-hydrogen) atoms. The molecule has 1 aliphatic heterocycles. The van der Waals surface area contributed by atoms with Crippen LogP contribution in [0.15, 0.2) is 168 Å². The van der Waals surface area contributed by atoms with Gasteiger partial charge in [0.25, 0.3) is 0 Å². The van der Waals surface area contributed by atoms with E-state index in [1.165, 1.54) is 50.5 Å². The maximum Gasteiger partial charge on any atom is 0.207 e. The van der Waals surface area contributed by atoms with Crippen LogP contribution in [0.1, 0.15) is 75.1 Å². The number of para-hydroxylation sites is 2. The van der Waals surface area contributed by atoms with Gasteiger partial charge in [-0.25, -0.2) is 8.42 Å². The summed E-state index contributed by atoms with van der Waals surface area (Å²) in [6, 6.07) is 56.0. The standard InChI is InChI=1S/C55H48N2O2S/c1-35-31-36-13-12-14-37(32-35)55(36)47-19-8-11-22-52(47)60(58,59)53-34-41(28-30-48(53)55)56(40-27-29-43-42-15-4-7-18-46(42)54(2,3)49(43)33-40)38-23-25-39(26-24-38)57-50-20-9-5-16-44(50)45-17-6-10-21-51(45)57/h4-11,15-30,33-37H,12-14,31-32H2,1-3H3/t35?,36-,37+,55?. The molecule has 4 atom stereocenters. The molecule has 0 N–H and O–H groups in total. The second-order valence-electron chi connectivity index (χ2n) is 18.6. The summed E-state index contributed by atoms with van der Waals surface area (Å²) < 4.78 is 32.5. The third-order valence-electron chi connectivity index (χ3n) is 15.1. The number of benzene rings is 7. The van der Waals surface area contributed by atoms with Crippen molar-refractivity contribution >= 4 is 48.7 Å². The van der Waals surface area contributed by atoms with Crippen LogP contribution < -0.4 is 4.90 Å². The van der Waals surface area contributed by atoms with Gasteiger partial charge in [0.15, 0.2) is 0 Å². The van der Waals surface area contributed by atoms with E-state index in [-0.39, 0.29) is 10.8 Å². The Morgan fingerprint density at radius 2 is 1.10 bits per heavy atom. The first-order valence-electron chi connectivity index (χ1n) is 21.8. The quantitative estimate of drug-likeness (QED) is 0.178. The fraction of sp³-hybridized carbons (Fsp3) is 0.236. The molecule has 2 bridgehead atoms. The fourth-order valence-corrected chi connectivity index (χ4v) is 14.5. The Morgan fingerprint density at radius 1 is 0.550 bits per heavy atom. The second kappa shape index (κ2) is 12.8. The summed E-state index contributed by atoms with van der Waals surface area (Å²) in [6.45, 7) is 7.03. The van der Waals surface area contributed by atoms with Crippen LogP contribution in [0.3, 0.4) is 0 Å². The van der Waals surface area contributed by atoms with Gasteiger partial charge in [-0.15, -0.1) is 0 Å². The van der Waals surface area contributed by atoms with Crippen molar-refractivity contribution in [2.24, 2.45) is 17.8 Å². The highest BCUT2D eigenvalue weighted by Gasteiger charge is 2.58. The molecular formula is C55H48N2O2S. The molecule has 7 aromatic carbocycles. The van der Waals surface area contributed by atoms with Gasteiger partial charge in [0.1, 0.15) is 0 Å². The van der Waals surface area contributed by atoms with Crippen molar-refractivity contribution in [1.29, 1.82) is 0 Å². The molecule has 1 aromatic heterocycles. The Kier molecular flexibility index (Phi) is 7.68. The van der Waals surface area contributed by atoms with E-state index >= 15 is 8.42 Å². The predicted molar refractivity (Wildman–Crippen MR) is 245 cm³/mol. The number of sulfone groups is 1. The summed E-state index contributed by atoms with van der Waals surface area (Å²) in [7, 11) is -3.81. The number of aromatic nitrogens is 1. The largest absolute Gasteiger partial charge is 0.310 e. The zero-order valence-electron chi connectivity index (χ0n) is 34.4. The van der Waals surface area contributed by atoms with Gasteiger partial charge >= 0.3 is 0 Å². The van der Waals surface area contributed by atoms with Gasteiger partial charge in [0, 0.05) is 44.4 Å². The van der Waals surface area contributed by atoms with Crippen molar-refractivity contribution in [1.82, 2.24) is 4.57 Å². The Hall–Kier alpha value is -5.91. The number of fused-ring (bicyclic) bond motifs is 8. The minimum atomic E-state index is -3.81. The molecule has 296 valence electrons. The van der Waals surface area contributed by atoms with E-state index in [4.69, 9.17) is 0 Å². The minimum Gasteiger partial charge on any atom is -0.310 e. The molecule has 0 amide bonds. The highest BCUT2D eigenvalue weighted by atomic mass is 32.2. The fourth-order valence-electron chi connectivity index (χ4n) is 12.7. The zero-order valence-corrected chi connectivity index (χ0v) is 35.2. The van der Waals surface area contributed by atoms with Crippen LogP contribution in [0, 0.1) is 17.8 Å². The van der Waals surface area contributed by atoms with Crippen molar-refractivity contribution in [2.45, 2.75) is 73.5 Å². The first-order valence-corrected chi connectivity index (χ1v) is 23.3. The van der Waals surface area contributed by atoms with Crippen LogP contribution >= 0.6 is 0 Å². The average Bonchev–Trinajstić information content (AvgIpc) is 3.72. The van der Waals surface area contributed by atoms with Crippen LogP contribution in [0.4, 0.5) is 17.1 Å². The monoisotopic (exact) mass is 800 g/mol. The van der Waals surface area contributed by atoms with E-state index in [0.29, 0.717) is 27.5 Å². The van der Waals surface area contributed by atoms with Crippen molar-refractivity contribution in [2.75, 3.05) is 4.90 Å². The van der Waals surface area contributed by atoms with Crippen LogP contribution in [0.2, 0.25) is 0 Å². The second-order valence-corrected chi connectivity index (χ2v) is 20.5. The Morgan fingerprint density at radius 3 is 1.82 bits per heavy atom. The summed E-state index contributed by atoms with van der Waals surface area (Å²) in [5.74, 6) is 1.45. The third kappa shape index (κ3) is 4.81.